The van der Waals surface area contributed by atoms with Crippen molar-refractivity contribution in [2.75, 3.05) is 6.61 Å². The van der Waals surface area contributed by atoms with Crippen LogP contribution in [-0.4, -0.2) is 29.0 Å². The highest BCUT2D eigenvalue weighted by Gasteiger charge is 2.51. The van der Waals surface area contributed by atoms with Gasteiger partial charge in [0.15, 0.2) is 0 Å². The number of aliphatic hydroxyl groups is 1. The number of aliphatic hydroxyl groups excluding tert-OH is 1. The Labute approximate surface area is 145 Å². The molecule has 2 aliphatic rings. The van der Waals surface area contributed by atoms with E-state index in [0.29, 0.717) is 24.7 Å². The van der Waals surface area contributed by atoms with Crippen molar-refractivity contribution in [3.8, 4) is 0 Å². The monoisotopic (exact) mass is 337 g/mol. The lowest BCUT2D eigenvalue weighted by molar-refractivity contribution is -0.171. The largest absolute Gasteiger partial charge is 0.511 e. The van der Waals surface area contributed by atoms with Crippen LogP contribution in [0.4, 0.5) is 0 Å². The molecule has 1 saturated carbocycles. The molecule has 1 aliphatic heterocycles. The Hall–Kier alpha value is -1.52. The number of rotatable bonds is 6. The maximum absolute atomic E-state index is 12.7. The first-order chi connectivity index (χ1) is 11.5. The summed E-state index contributed by atoms with van der Waals surface area (Å²) >= 11 is 0. The van der Waals surface area contributed by atoms with E-state index in [4.69, 9.17) is 9.57 Å². The minimum atomic E-state index is -0.547. The molecule has 1 atom stereocenters. The van der Waals surface area contributed by atoms with Crippen LogP contribution in [0.5, 0.6) is 0 Å². The zero-order valence-electron chi connectivity index (χ0n) is 15.4. The highest BCUT2D eigenvalue weighted by molar-refractivity contribution is 6.20. The lowest BCUT2D eigenvalue weighted by Crippen LogP contribution is -2.50. The lowest BCUT2D eigenvalue weighted by atomic mass is 9.69. The SMILES string of the molecule is CCCC(=NOCC)C1=C(O)C(CC)C2(CCC(C)CC2)OC1=O. The summed E-state index contributed by atoms with van der Waals surface area (Å²) in [5, 5.41) is 15.0. The third-order valence-electron chi connectivity index (χ3n) is 5.33. The van der Waals surface area contributed by atoms with Gasteiger partial charge in [-0.25, -0.2) is 4.79 Å². The number of esters is 1. The number of carbonyl (C=O) groups excluding carboxylic acids is 1. The number of nitrogens with zero attached hydrogens (tertiary/aromatic N) is 1. The first-order valence-corrected chi connectivity index (χ1v) is 9.34. The zero-order valence-corrected chi connectivity index (χ0v) is 15.4. The van der Waals surface area contributed by atoms with E-state index in [2.05, 4.69) is 12.1 Å². The van der Waals surface area contributed by atoms with Crippen molar-refractivity contribution >= 4 is 11.7 Å². The highest BCUT2D eigenvalue weighted by Crippen LogP contribution is 2.47. The third-order valence-corrected chi connectivity index (χ3v) is 5.33. The van der Waals surface area contributed by atoms with Crippen LogP contribution >= 0.6 is 0 Å². The van der Waals surface area contributed by atoms with Gasteiger partial charge in [-0.1, -0.05) is 32.3 Å². The van der Waals surface area contributed by atoms with E-state index in [1.807, 2.05) is 20.8 Å². The molecule has 5 heteroatoms. The third kappa shape index (κ3) is 3.60. The minimum absolute atomic E-state index is 0.148. The summed E-state index contributed by atoms with van der Waals surface area (Å²) in [7, 11) is 0. The van der Waals surface area contributed by atoms with Gasteiger partial charge in [0.05, 0.1) is 11.6 Å². The van der Waals surface area contributed by atoms with Gasteiger partial charge in [-0.05, 0) is 51.4 Å². The van der Waals surface area contributed by atoms with Crippen LogP contribution in [0.3, 0.4) is 0 Å². The van der Waals surface area contributed by atoms with E-state index in [9.17, 15) is 9.90 Å². The van der Waals surface area contributed by atoms with Crippen LogP contribution in [0.15, 0.2) is 16.5 Å². The van der Waals surface area contributed by atoms with Gasteiger partial charge >= 0.3 is 5.97 Å². The normalized spacial score (nSPS) is 31.3. The quantitative estimate of drug-likeness (QED) is 0.439. The number of carbonyl (C=O) groups is 1. The summed E-state index contributed by atoms with van der Waals surface area (Å²) < 4.78 is 5.96. The second kappa shape index (κ2) is 8.04. The summed E-state index contributed by atoms with van der Waals surface area (Å²) in [4.78, 5) is 17.9. The summed E-state index contributed by atoms with van der Waals surface area (Å²) in [6.07, 6.45) is 5.83. The molecule has 1 spiro atoms. The molecule has 136 valence electrons. The Balaban J connectivity index is 2.40. The number of ether oxygens (including phenoxy) is 1. The average Bonchev–Trinajstić information content (AvgIpc) is 2.55. The summed E-state index contributed by atoms with van der Waals surface area (Å²) in [6.45, 7) is 8.54. The van der Waals surface area contributed by atoms with Crippen LogP contribution < -0.4 is 0 Å². The van der Waals surface area contributed by atoms with Gasteiger partial charge in [-0.3, -0.25) is 0 Å². The van der Waals surface area contributed by atoms with Gasteiger partial charge in [0, 0.05) is 0 Å². The maximum atomic E-state index is 12.7. The van der Waals surface area contributed by atoms with Crippen molar-refractivity contribution < 1.29 is 19.5 Å². The van der Waals surface area contributed by atoms with Crippen LogP contribution in [0.25, 0.3) is 0 Å². The molecule has 1 fully saturated rings. The first kappa shape index (κ1) is 18.8. The van der Waals surface area contributed by atoms with Crippen LogP contribution in [0.1, 0.15) is 72.6 Å². The summed E-state index contributed by atoms with van der Waals surface area (Å²) in [5.41, 5.74) is 0.176. The molecule has 1 aliphatic carbocycles. The molecule has 0 amide bonds. The molecule has 0 bridgehead atoms. The van der Waals surface area contributed by atoms with Gasteiger partial charge in [0.25, 0.3) is 0 Å². The smallest absolute Gasteiger partial charge is 0.344 e. The van der Waals surface area contributed by atoms with Crippen molar-refractivity contribution in [2.45, 2.75) is 78.2 Å². The topological polar surface area (TPSA) is 68.1 Å². The van der Waals surface area contributed by atoms with Crippen molar-refractivity contribution in [3.63, 3.8) is 0 Å². The summed E-state index contributed by atoms with van der Waals surface area (Å²) in [6, 6.07) is 0. The second-order valence-electron chi connectivity index (χ2n) is 7.06. The van der Waals surface area contributed by atoms with Crippen molar-refractivity contribution in [3.05, 3.63) is 11.3 Å². The maximum Gasteiger partial charge on any atom is 0.344 e. The average molecular weight is 337 g/mol. The Morgan fingerprint density at radius 1 is 1.33 bits per heavy atom. The highest BCUT2D eigenvalue weighted by atomic mass is 16.6. The molecular weight excluding hydrogens is 306 g/mol. The standard InChI is InChI=1S/C19H31NO4/c1-5-8-15(20-23-7-3)16-17(21)14(6-2)19(24-18(16)22)11-9-13(4)10-12-19/h13-14,21H,5-12H2,1-4H3. The van der Waals surface area contributed by atoms with Gasteiger partial charge in [0.1, 0.15) is 23.5 Å². The van der Waals surface area contributed by atoms with E-state index in [1.54, 1.807) is 0 Å². The fourth-order valence-electron chi connectivity index (χ4n) is 3.96. The molecule has 0 aromatic rings. The van der Waals surface area contributed by atoms with Crippen LogP contribution in [0.2, 0.25) is 0 Å². The van der Waals surface area contributed by atoms with E-state index < -0.39 is 11.6 Å². The molecule has 0 saturated heterocycles. The Bertz CT molecular complexity index is 515. The van der Waals surface area contributed by atoms with Gasteiger partial charge < -0.3 is 14.7 Å². The van der Waals surface area contributed by atoms with Crippen molar-refractivity contribution in [1.29, 1.82) is 0 Å². The number of hydrogen-bond acceptors (Lipinski definition) is 5. The van der Waals surface area contributed by atoms with Crippen LogP contribution in [-0.2, 0) is 14.4 Å². The minimum Gasteiger partial charge on any atom is -0.511 e. The van der Waals surface area contributed by atoms with Gasteiger partial charge in [0.2, 0.25) is 0 Å². The molecule has 2 rings (SSSR count). The molecule has 5 nitrogen and oxygen atoms in total. The Morgan fingerprint density at radius 2 is 2.00 bits per heavy atom. The fraction of sp³-hybridized carbons (Fsp3) is 0.789. The molecule has 1 N–H and O–H groups in total. The zero-order chi connectivity index (χ0) is 17.7. The number of hydrogen-bond donors (Lipinski definition) is 1. The molecule has 1 heterocycles. The van der Waals surface area contributed by atoms with E-state index >= 15 is 0 Å². The molecule has 0 radical (unpaired) electrons. The van der Waals surface area contributed by atoms with Crippen molar-refractivity contribution in [1.82, 2.24) is 0 Å². The van der Waals surface area contributed by atoms with Crippen LogP contribution in [0, 0.1) is 11.8 Å². The molecule has 1 unspecified atom stereocenters. The lowest BCUT2D eigenvalue weighted by Gasteiger charge is -2.46. The molecule has 0 aromatic carbocycles. The molecule has 24 heavy (non-hydrogen) atoms. The Kier molecular flexibility index (Phi) is 6.30. The van der Waals surface area contributed by atoms with Gasteiger partial charge in [-0.15, -0.1) is 0 Å². The van der Waals surface area contributed by atoms with Crippen molar-refractivity contribution in [2.24, 2.45) is 17.0 Å². The predicted octanol–water partition coefficient (Wildman–Crippen LogP) is 4.52. The Morgan fingerprint density at radius 3 is 2.54 bits per heavy atom. The van der Waals surface area contributed by atoms with E-state index in [0.717, 1.165) is 38.5 Å². The van der Waals surface area contributed by atoms with E-state index in [-0.39, 0.29) is 17.3 Å². The predicted molar refractivity (Wildman–Crippen MR) is 93.9 cm³/mol. The summed E-state index contributed by atoms with van der Waals surface area (Å²) in [5.74, 6) is 0.199. The second-order valence-corrected chi connectivity index (χ2v) is 7.06. The van der Waals surface area contributed by atoms with Gasteiger partial charge in [-0.2, -0.15) is 0 Å². The first-order valence-electron chi connectivity index (χ1n) is 9.34. The molecular formula is C19H31NO4. The number of oxime groups is 1. The fourth-order valence-corrected chi connectivity index (χ4v) is 3.96. The molecule has 0 aromatic heterocycles. The van der Waals surface area contributed by atoms with E-state index in [1.165, 1.54) is 0 Å².